The third-order valence-electron chi connectivity index (χ3n) is 2.82. The van der Waals surface area contributed by atoms with E-state index in [1.165, 1.54) is 6.07 Å². The van der Waals surface area contributed by atoms with Gasteiger partial charge in [-0.15, -0.1) is 0 Å². The van der Waals surface area contributed by atoms with E-state index in [0.717, 1.165) is 23.3 Å². The van der Waals surface area contributed by atoms with Crippen LogP contribution < -0.4 is 5.32 Å². The maximum atomic E-state index is 13.5. The quantitative estimate of drug-likeness (QED) is 0.874. The van der Waals surface area contributed by atoms with Crippen molar-refractivity contribution in [2.24, 2.45) is 0 Å². The molecule has 0 saturated heterocycles. The Labute approximate surface area is 110 Å². The van der Waals surface area contributed by atoms with Crippen LogP contribution in [0.2, 0.25) is 0 Å². The number of rotatable bonds is 2. The summed E-state index contributed by atoms with van der Waals surface area (Å²) in [6, 6.07) is 8.48. The van der Waals surface area contributed by atoms with Crippen LogP contribution in [0.4, 0.5) is 14.5 Å². The van der Waals surface area contributed by atoms with Crippen LogP contribution in [0.3, 0.4) is 0 Å². The second-order valence-electron chi connectivity index (χ2n) is 4.40. The van der Waals surface area contributed by atoms with Crippen molar-refractivity contribution in [2.45, 2.75) is 13.8 Å². The van der Waals surface area contributed by atoms with E-state index in [1.807, 2.05) is 19.1 Å². The molecular formula is C15H13F2NO. The number of benzene rings is 2. The molecule has 2 nitrogen and oxygen atoms in total. The zero-order valence-corrected chi connectivity index (χ0v) is 10.6. The average Bonchev–Trinajstić information content (AvgIpc) is 2.35. The summed E-state index contributed by atoms with van der Waals surface area (Å²) < 4.78 is 26.2. The molecule has 19 heavy (non-hydrogen) atoms. The molecule has 98 valence electrons. The maximum Gasteiger partial charge on any atom is 0.256 e. The van der Waals surface area contributed by atoms with Crippen LogP contribution in [0.15, 0.2) is 36.4 Å². The molecule has 0 radical (unpaired) electrons. The highest BCUT2D eigenvalue weighted by atomic mass is 19.1. The van der Waals surface area contributed by atoms with E-state index in [1.54, 1.807) is 13.0 Å². The van der Waals surface area contributed by atoms with Crippen LogP contribution in [-0.4, -0.2) is 5.91 Å². The van der Waals surface area contributed by atoms with Crippen LogP contribution in [0.5, 0.6) is 0 Å². The largest absolute Gasteiger partial charge is 0.319 e. The number of aryl methyl sites for hydroxylation is 2. The molecule has 1 N–H and O–H groups in total. The molecule has 0 saturated carbocycles. The van der Waals surface area contributed by atoms with Gasteiger partial charge in [-0.25, -0.2) is 8.78 Å². The van der Waals surface area contributed by atoms with Gasteiger partial charge in [0.25, 0.3) is 5.91 Å². The SMILES string of the molecule is Cc1ccc(C)c(C(=O)Nc2ccc(F)cc2F)c1. The van der Waals surface area contributed by atoms with E-state index in [9.17, 15) is 13.6 Å². The third kappa shape index (κ3) is 2.96. The number of carbonyl (C=O) groups is 1. The van der Waals surface area contributed by atoms with Crippen molar-refractivity contribution in [1.29, 1.82) is 0 Å². The normalized spacial score (nSPS) is 10.3. The van der Waals surface area contributed by atoms with E-state index in [2.05, 4.69) is 5.32 Å². The van der Waals surface area contributed by atoms with E-state index >= 15 is 0 Å². The molecule has 0 atom stereocenters. The van der Waals surface area contributed by atoms with Gasteiger partial charge in [0.15, 0.2) is 0 Å². The maximum absolute atomic E-state index is 13.5. The fraction of sp³-hybridized carbons (Fsp3) is 0.133. The Morgan fingerprint density at radius 3 is 2.47 bits per heavy atom. The first-order chi connectivity index (χ1) is 8.97. The fourth-order valence-electron chi connectivity index (χ4n) is 1.76. The van der Waals surface area contributed by atoms with Crippen molar-refractivity contribution in [2.75, 3.05) is 5.32 Å². The summed E-state index contributed by atoms with van der Waals surface area (Å²) in [7, 11) is 0. The molecule has 0 unspecified atom stereocenters. The van der Waals surface area contributed by atoms with Crippen molar-refractivity contribution < 1.29 is 13.6 Å². The van der Waals surface area contributed by atoms with Crippen LogP contribution in [0, 0.1) is 25.5 Å². The van der Waals surface area contributed by atoms with Gasteiger partial charge in [-0.2, -0.15) is 0 Å². The monoisotopic (exact) mass is 261 g/mol. The number of hydrogen-bond acceptors (Lipinski definition) is 1. The number of halogens is 2. The highest BCUT2D eigenvalue weighted by Gasteiger charge is 2.12. The number of carbonyl (C=O) groups excluding carboxylic acids is 1. The minimum Gasteiger partial charge on any atom is -0.319 e. The first-order valence-corrected chi connectivity index (χ1v) is 5.81. The first kappa shape index (κ1) is 13.2. The predicted octanol–water partition coefficient (Wildman–Crippen LogP) is 3.83. The first-order valence-electron chi connectivity index (χ1n) is 5.81. The van der Waals surface area contributed by atoms with Crippen LogP contribution in [0.1, 0.15) is 21.5 Å². The summed E-state index contributed by atoms with van der Waals surface area (Å²) in [5, 5.41) is 2.44. The molecule has 0 bridgehead atoms. The minimum absolute atomic E-state index is 0.0349. The topological polar surface area (TPSA) is 29.1 Å². The van der Waals surface area contributed by atoms with Gasteiger partial charge in [0.2, 0.25) is 0 Å². The third-order valence-corrected chi connectivity index (χ3v) is 2.82. The molecule has 2 rings (SSSR count). The zero-order valence-electron chi connectivity index (χ0n) is 10.6. The minimum atomic E-state index is -0.793. The fourth-order valence-corrected chi connectivity index (χ4v) is 1.76. The highest BCUT2D eigenvalue weighted by molar-refractivity contribution is 6.05. The van der Waals surface area contributed by atoms with E-state index in [0.29, 0.717) is 5.56 Å². The average molecular weight is 261 g/mol. The van der Waals surface area contributed by atoms with Gasteiger partial charge in [0.05, 0.1) is 5.69 Å². The lowest BCUT2D eigenvalue weighted by Gasteiger charge is -2.09. The molecule has 2 aromatic rings. The van der Waals surface area contributed by atoms with Crippen LogP contribution in [-0.2, 0) is 0 Å². The number of anilines is 1. The Morgan fingerprint density at radius 1 is 1.05 bits per heavy atom. The molecule has 0 aliphatic rings. The molecular weight excluding hydrogens is 248 g/mol. The van der Waals surface area contributed by atoms with E-state index in [4.69, 9.17) is 0 Å². The molecule has 4 heteroatoms. The van der Waals surface area contributed by atoms with Gasteiger partial charge in [-0.1, -0.05) is 17.7 Å². The highest BCUT2D eigenvalue weighted by Crippen LogP contribution is 2.18. The Kier molecular flexibility index (Phi) is 3.60. The van der Waals surface area contributed by atoms with Crippen molar-refractivity contribution in [3.8, 4) is 0 Å². The van der Waals surface area contributed by atoms with Crippen molar-refractivity contribution >= 4 is 11.6 Å². The van der Waals surface area contributed by atoms with Gasteiger partial charge >= 0.3 is 0 Å². The summed E-state index contributed by atoms with van der Waals surface area (Å²) in [6.07, 6.45) is 0. The number of amides is 1. The second-order valence-corrected chi connectivity index (χ2v) is 4.40. The number of nitrogens with one attached hydrogen (secondary N) is 1. The van der Waals surface area contributed by atoms with Crippen molar-refractivity contribution in [3.05, 3.63) is 64.7 Å². The lowest BCUT2D eigenvalue weighted by molar-refractivity contribution is 0.102. The molecule has 1 amide bonds. The lowest BCUT2D eigenvalue weighted by atomic mass is 10.0. The van der Waals surface area contributed by atoms with Crippen molar-refractivity contribution in [3.63, 3.8) is 0 Å². The summed E-state index contributed by atoms with van der Waals surface area (Å²) in [5.41, 5.74) is 2.18. The molecule has 0 heterocycles. The zero-order chi connectivity index (χ0) is 14.0. The summed E-state index contributed by atoms with van der Waals surface area (Å²) in [4.78, 5) is 12.1. The van der Waals surface area contributed by atoms with E-state index in [-0.39, 0.29) is 5.69 Å². The molecule has 0 aliphatic heterocycles. The Morgan fingerprint density at radius 2 is 1.79 bits per heavy atom. The summed E-state index contributed by atoms with van der Waals surface area (Å²) in [6.45, 7) is 3.67. The van der Waals surface area contributed by atoms with Gasteiger partial charge < -0.3 is 5.32 Å². The van der Waals surface area contributed by atoms with Gasteiger partial charge in [0.1, 0.15) is 11.6 Å². The van der Waals surface area contributed by atoms with Crippen molar-refractivity contribution in [1.82, 2.24) is 0 Å². The molecule has 0 spiro atoms. The van der Waals surface area contributed by atoms with Gasteiger partial charge in [-0.3, -0.25) is 4.79 Å². The summed E-state index contributed by atoms with van der Waals surface area (Å²) in [5.74, 6) is -1.88. The van der Waals surface area contributed by atoms with Gasteiger partial charge in [-0.05, 0) is 37.6 Å². The van der Waals surface area contributed by atoms with E-state index < -0.39 is 17.5 Å². The second kappa shape index (κ2) is 5.18. The predicted molar refractivity (Wildman–Crippen MR) is 70.2 cm³/mol. The number of hydrogen-bond donors (Lipinski definition) is 1. The Hall–Kier alpha value is -2.23. The molecule has 0 fully saturated rings. The van der Waals surface area contributed by atoms with Crippen LogP contribution >= 0.6 is 0 Å². The Bertz CT molecular complexity index is 638. The standard InChI is InChI=1S/C15H13F2NO/c1-9-3-4-10(2)12(7-9)15(19)18-14-6-5-11(16)8-13(14)17/h3-8H,1-2H3,(H,18,19). The molecule has 0 aliphatic carbocycles. The smallest absolute Gasteiger partial charge is 0.256 e. The lowest BCUT2D eigenvalue weighted by Crippen LogP contribution is -2.14. The molecule has 2 aromatic carbocycles. The molecule has 0 aromatic heterocycles. The van der Waals surface area contributed by atoms with Gasteiger partial charge in [0, 0.05) is 11.6 Å². The summed E-state index contributed by atoms with van der Waals surface area (Å²) >= 11 is 0. The van der Waals surface area contributed by atoms with Crippen LogP contribution in [0.25, 0.3) is 0 Å². The Balaban J connectivity index is 2.28.